The molecule has 0 saturated carbocycles. The van der Waals surface area contributed by atoms with Crippen LogP contribution in [0.3, 0.4) is 0 Å². The minimum Gasteiger partial charge on any atom is -0.497 e. The van der Waals surface area contributed by atoms with Crippen molar-refractivity contribution in [3.05, 3.63) is 125 Å². The molecule has 0 radical (unpaired) electrons. The maximum Gasteiger partial charge on any atom is 0.264 e. The van der Waals surface area contributed by atoms with Crippen LogP contribution in [0.15, 0.2) is 119 Å². The van der Waals surface area contributed by atoms with Gasteiger partial charge in [-0.05, 0) is 53.4 Å². The fourth-order valence-electron chi connectivity index (χ4n) is 4.78. The number of sulfonamides is 1. The quantitative estimate of drug-likeness (QED) is 0.173. The Kier molecular flexibility index (Phi) is 11.8. The van der Waals surface area contributed by atoms with Gasteiger partial charge in [0.2, 0.25) is 11.8 Å². The van der Waals surface area contributed by atoms with Crippen molar-refractivity contribution >= 4 is 43.5 Å². The Balaban J connectivity index is 1.80. The Labute approximate surface area is 274 Å². The zero-order valence-electron chi connectivity index (χ0n) is 25.6. The molecule has 45 heavy (non-hydrogen) atoms. The van der Waals surface area contributed by atoms with Crippen LogP contribution in [0.4, 0.5) is 5.69 Å². The van der Waals surface area contributed by atoms with Crippen molar-refractivity contribution in [2.75, 3.05) is 24.5 Å². The summed E-state index contributed by atoms with van der Waals surface area (Å²) in [6.07, 6.45) is 0.248. The van der Waals surface area contributed by atoms with Crippen molar-refractivity contribution in [1.29, 1.82) is 0 Å². The van der Waals surface area contributed by atoms with E-state index in [1.807, 2.05) is 68.4 Å². The van der Waals surface area contributed by atoms with Gasteiger partial charge in [-0.25, -0.2) is 8.42 Å². The average molecular weight is 693 g/mol. The first-order valence-corrected chi connectivity index (χ1v) is 16.9. The third-order valence-electron chi connectivity index (χ3n) is 7.17. The van der Waals surface area contributed by atoms with Crippen LogP contribution in [0.2, 0.25) is 0 Å². The fraction of sp³-hybridized carbons (Fsp3) is 0.257. The highest BCUT2D eigenvalue weighted by Crippen LogP contribution is 2.28. The molecular formula is C35H38BrN3O5S. The van der Waals surface area contributed by atoms with Gasteiger partial charge < -0.3 is 15.0 Å². The lowest BCUT2D eigenvalue weighted by molar-refractivity contribution is -0.140. The van der Waals surface area contributed by atoms with E-state index in [0.717, 1.165) is 19.9 Å². The summed E-state index contributed by atoms with van der Waals surface area (Å²) in [5, 5.41) is 3.00. The molecule has 0 spiro atoms. The van der Waals surface area contributed by atoms with Gasteiger partial charge in [0.05, 0.1) is 17.7 Å². The first kappa shape index (κ1) is 33.7. The SMILES string of the molecule is COc1cccc(N(CC(=O)N(Cc2ccc(Br)cc2)[C@H](Cc2ccccc2)C(=O)NCC(C)C)S(=O)(=O)c2ccccc2)c1. The van der Waals surface area contributed by atoms with Crippen molar-refractivity contribution in [3.8, 4) is 5.75 Å². The zero-order chi connectivity index (χ0) is 32.4. The minimum absolute atomic E-state index is 0.0376. The van der Waals surface area contributed by atoms with Gasteiger partial charge in [-0.1, -0.05) is 96.5 Å². The Morgan fingerprint density at radius 3 is 2.11 bits per heavy atom. The molecule has 0 aliphatic rings. The molecule has 0 unspecified atom stereocenters. The molecular weight excluding hydrogens is 654 g/mol. The van der Waals surface area contributed by atoms with Crippen LogP contribution < -0.4 is 14.4 Å². The molecule has 2 amide bonds. The van der Waals surface area contributed by atoms with Crippen LogP contribution in [0.1, 0.15) is 25.0 Å². The number of nitrogens with zero attached hydrogens (tertiary/aromatic N) is 2. The van der Waals surface area contributed by atoms with E-state index >= 15 is 0 Å². The Bertz CT molecular complexity index is 1670. The lowest BCUT2D eigenvalue weighted by Gasteiger charge is -2.34. The molecule has 1 N–H and O–H groups in total. The highest BCUT2D eigenvalue weighted by atomic mass is 79.9. The van der Waals surface area contributed by atoms with Crippen LogP contribution in [0, 0.1) is 5.92 Å². The Morgan fingerprint density at radius 1 is 0.844 bits per heavy atom. The largest absolute Gasteiger partial charge is 0.497 e. The number of rotatable bonds is 14. The molecule has 0 aliphatic carbocycles. The normalized spacial score (nSPS) is 11.9. The van der Waals surface area contributed by atoms with Crippen molar-refractivity contribution in [3.63, 3.8) is 0 Å². The number of carbonyl (C=O) groups is 2. The monoisotopic (exact) mass is 691 g/mol. The average Bonchev–Trinajstić information content (AvgIpc) is 3.05. The number of benzene rings is 4. The lowest BCUT2D eigenvalue weighted by atomic mass is 10.0. The topological polar surface area (TPSA) is 96.0 Å². The second-order valence-corrected chi connectivity index (χ2v) is 13.8. The van der Waals surface area contributed by atoms with E-state index in [9.17, 15) is 18.0 Å². The van der Waals surface area contributed by atoms with Crippen LogP contribution in [0.25, 0.3) is 0 Å². The lowest BCUT2D eigenvalue weighted by Crippen LogP contribution is -2.53. The molecule has 8 nitrogen and oxygen atoms in total. The number of carbonyl (C=O) groups excluding carboxylic acids is 2. The third-order valence-corrected chi connectivity index (χ3v) is 9.49. The molecule has 10 heteroatoms. The van der Waals surface area contributed by atoms with Gasteiger partial charge in [0.25, 0.3) is 10.0 Å². The summed E-state index contributed by atoms with van der Waals surface area (Å²) in [5.74, 6) is -0.200. The third kappa shape index (κ3) is 9.18. The summed E-state index contributed by atoms with van der Waals surface area (Å²) in [6, 6.07) is 30.6. The molecule has 1 atom stereocenters. The van der Waals surface area contributed by atoms with E-state index in [-0.39, 0.29) is 35.4 Å². The summed E-state index contributed by atoms with van der Waals surface area (Å²) < 4.78 is 35.5. The standard InChI is InChI=1S/C35H38BrN3O5S/c1-26(2)23-37-35(41)33(21-27-11-6-4-7-12-27)38(24-28-17-19-29(36)20-18-28)34(40)25-39(30-13-10-14-31(22-30)44-3)45(42,43)32-15-8-5-9-16-32/h4-20,22,26,33H,21,23-25H2,1-3H3,(H,37,41)/t33-/m1/s1. The first-order chi connectivity index (χ1) is 21.6. The number of ether oxygens (including phenoxy) is 1. The second kappa shape index (κ2) is 15.7. The van der Waals surface area contributed by atoms with Gasteiger partial charge >= 0.3 is 0 Å². The zero-order valence-corrected chi connectivity index (χ0v) is 28.0. The van der Waals surface area contributed by atoms with Gasteiger partial charge in [-0.2, -0.15) is 0 Å². The van der Waals surface area contributed by atoms with Crippen LogP contribution >= 0.6 is 15.9 Å². The van der Waals surface area contributed by atoms with Crippen molar-refractivity contribution < 1.29 is 22.7 Å². The van der Waals surface area contributed by atoms with Gasteiger partial charge in [-0.15, -0.1) is 0 Å². The number of methoxy groups -OCH3 is 1. The van der Waals surface area contributed by atoms with E-state index in [1.165, 1.54) is 24.1 Å². The number of nitrogens with one attached hydrogen (secondary N) is 1. The molecule has 0 saturated heterocycles. The van der Waals surface area contributed by atoms with Crippen LogP contribution in [-0.4, -0.2) is 51.4 Å². The summed E-state index contributed by atoms with van der Waals surface area (Å²) in [4.78, 5) is 29.9. The maximum atomic E-state index is 14.5. The summed E-state index contributed by atoms with van der Waals surface area (Å²) >= 11 is 3.46. The first-order valence-electron chi connectivity index (χ1n) is 14.7. The van der Waals surface area contributed by atoms with Crippen LogP contribution in [-0.2, 0) is 32.6 Å². The predicted octanol–water partition coefficient (Wildman–Crippen LogP) is 6.07. The highest BCUT2D eigenvalue weighted by Gasteiger charge is 2.34. The van der Waals surface area contributed by atoms with E-state index in [4.69, 9.17) is 4.74 Å². The molecule has 0 heterocycles. The number of hydrogen-bond donors (Lipinski definition) is 1. The van der Waals surface area contributed by atoms with Gasteiger partial charge in [0, 0.05) is 30.0 Å². The molecule has 4 aromatic carbocycles. The van der Waals surface area contributed by atoms with E-state index in [2.05, 4.69) is 21.2 Å². The number of anilines is 1. The van der Waals surface area contributed by atoms with Gasteiger partial charge in [0.1, 0.15) is 18.3 Å². The molecule has 0 aromatic heterocycles. The van der Waals surface area contributed by atoms with Gasteiger partial charge in [-0.3, -0.25) is 13.9 Å². The molecule has 0 fully saturated rings. The van der Waals surface area contributed by atoms with Crippen molar-refractivity contribution in [2.24, 2.45) is 5.92 Å². The number of amides is 2. The Hall–Kier alpha value is -4.15. The molecule has 0 aliphatic heterocycles. The van der Waals surface area contributed by atoms with E-state index in [0.29, 0.717) is 12.3 Å². The molecule has 236 valence electrons. The maximum absolute atomic E-state index is 14.5. The molecule has 4 rings (SSSR count). The fourth-order valence-corrected chi connectivity index (χ4v) is 6.47. The van der Waals surface area contributed by atoms with Crippen molar-refractivity contribution in [1.82, 2.24) is 10.2 Å². The van der Waals surface area contributed by atoms with Gasteiger partial charge in [0.15, 0.2) is 0 Å². The summed E-state index contributed by atoms with van der Waals surface area (Å²) in [6.45, 7) is 3.98. The predicted molar refractivity (Wildman–Crippen MR) is 180 cm³/mol. The smallest absolute Gasteiger partial charge is 0.264 e. The summed E-state index contributed by atoms with van der Waals surface area (Å²) in [7, 11) is -2.70. The van der Waals surface area contributed by atoms with E-state index in [1.54, 1.807) is 42.5 Å². The second-order valence-electron chi connectivity index (χ2n) is 11.0. The highest BCUT2D eigenvalue weighted by molar-refractivity contribution is 9.10. The minimum atomic E-state index is -4.19. The number of halogens is 1. The molecule has 4 aromatic rings. The number of hydrogen-bond acceptors (Lipinski definition) is 5. The molecule has 0 bridgehead atoms. The Morgan fingerprint density at radius 2 is 1.49 bits per heavy atom. The van der Waals surface area contributed by atoms with Crippen LogP contribution in [0.5, 0.6) is 5.75 Å². The van der Waals surface area contributed by atoms with Crippen molar-refractivity contribution in [2.45, 2.75) is 37.8 Å². The van der Waals surface area contributed by atoms with E-state index < -0.39 is 28.5 Å². The summed E-state index contributed by atoms with van der Waals surface area (Å²) in [5.41, 5.74) is 1.93.